The molecule has 0 aliphatic heterocycles. The Morgan fingerprint density at radius 2 is 1.87 bits per heavy atom. The van der Waals surface area contributed by atoms with Crippen LogP contribution in [0.1, 0.15) is 12.0 Å². The Kier molecular flexibility index (Phi) is 6.89. The second-order valence-corrected chi connectivity index (χ2v) is 8.85. The number of sulfonamides is 1. The number of pyridine rings is 1. The van der Waals surface area contributed by atoms with Crippen LogP contribution in [0.4, 0.5) is 5.69 Å². The van der Waals surface area contributed by atoms with Gasteiger partial charge in [-0.15, -0.1) is 0 Å². The highest BCUT2D eigenvalue weighted by molar-refractivity contribution is 7.92. The molecule has 1 heterocycles. The molecule has 0 unspecified atom stereocenters. The highest BCUT2D eigenvalue weighted by Crippen LogP contribution is 2.23. The minimum absolute atomic E-state index is 0.266. The molecule has 0 atom stereocenters. The number of hydrogen-bond acceptors (Lipinski definition) is 5. The molecule has 0 radical (unpaired) electrons. The van der Waals surface area contributed by atoms with Crippen LogP contribution in [0.15, 0.2) is 60.8 Å². The van der Waals surface area contributed by atoms with Crippen LogP contribution in [0, 0.1) is 6.92 Å². The van der Waals surface area contributed by atoms with Crippen LogP contribution in [0.3, 0.4) is 0 Å². The molecular weight excluding hydrogens is 402 g/mol. The minimum Gasteiger partial charge on any atom is -0.491 e. The van der Waals surface area contributed by atoms with Crippen LogP contribution in [-0.4, -0.2) is 45.3 Å². The number of aryl methyl sites for hydroxylation is 1. The Morgan fingerprint density at radius 3 is 2.63 bits per heavy atom. The topological polar surface area (TPSA) is 88.6 Å². The fourth-order valence-corrected chi connectivity index (χ4v) is 4.00. The summed E-state index contributed by atoms with van der Waals surface area (Å²) in [5.41, 5.74) is 2.08. The first-order valence-corrected chi connectivity index (χ1v) is 11.5. The van der Waals surface area contributed by atoms with Crippen molar-refractivity contribution in [2.24, 2.45) is 0 Å². The summed E-state index contributed by atoms with van der Waals surface area (Å²) < 4.78 is 31.3. The first-order chi connectivity index (χ1) is 14.4. The van der Waals surface area contributed by atoms with Gasteiger partial charge in [-0.2, -0.15) is 0 Å². The molecule has 0 aliphatic rings. The molecule has 8 heteroatoms. The summed E-state index contributed by atoms with van der Waals surface area (Å²) in [6, 6.07) is 16.7. The first kappa shape index (κ1) is 21.6. The van der Waals surface area contributed by atoms with Gasteiger partial charge in [0.05, 0.1) is 18.6 Å². The summed E-state index contributed by atoms with van der Waals surface area (Å²) in [6.07, 6.45) is 3.40. The van der Waals surface area contributed by atoms with Crippen molar-refractivity contribution in [1.29, 1.82) is 0 Å². The molecule has 1 N–H and O–H groups in total. The molecular formula is C22H25N3O4S. The molecule has 30 heavy (non-hydrogen) atoms. The molecule has 0 spiro atoms. The molecule has 0 saturated heterocycles. The lowest BCUT2D eigenvalue weighted by Gasteiger charge is -2.23. The predicted molar refractivity (Wildman–Crippen MR) is 118 cm³/mol. The highest BCUT2D eigenvalue weighted by Gasteiger charge is 2.21. The van der Waals surface area contributed by atoms with Crippen LogP contribution in [0.2, 0.25) is 0 Å². The zero-order chi connectivity index (χ0) is 21.6. The fourth-order valence-electron chi connectivity index (χ4n) is 3.09. The third-order valence-electron chi connectivity index (χ3n) is 4.57. The normalized spacial score (nSPS) is 11.3. The van der Waals surface area contributed by atoms with E-state index in [-0.39, 0.29) is 12.5 Å². The summed E-state index contributed by atoms with van der Waals surface area (Å²) in [4.78, 5) is 16.7. The Morgan fingerprint density at radius 1 is 1.10 bits per heavy atom. The van der Waals surface area contributed by atoms with Crippen molar-refractivity contribution in [3.8, 4) is 5.75 Å². The molecule has 0 bridgehead atoms. The van der Waals surface area contributed by atoms with Gasteiger partial charge in [0.25, 0.3) is 0 Å². The maximum atomic E-state index is 12.3. The summed E-state index contributed by atoms with van der Waals surface area (Å²) in [5, 5.41) is 3.76. The number of nitrogens with one attached hydrogen (secondary N) is 1. The van der Waals surface area contributed by atoms with Crippen LogP contribution in [0.25, 0.3) is 10.9 Å². The van der Waals surface area contributed by atoms with Crippen molar-refractivity contribution >= 4 is 32.5 Å². The summed E-state index contributed by atoms with van der Waals surface area (Å²) in [7, 11) is -3.59. The molecule has 0 fully saturated rings. The zero-order valence-corrected chi connectivity index (χ0v) is 17.9. The number of rotatable bonds is 9. The van der Waals surface area contributed by atoms with Crippen molar-refractivity contribution in [3.05, 3.63) is 66.4 Å². The minimum atomic E-state index is -3.59. The number of fused-ring (bicyclic) bond motifs is 1. The van der Waals surface area contributed by atoms with Gasteiger partial charge in [-0.3, -0.25) is 14.1 Å². The van der Waals surface area contributed by atoms with E-state index in [9.17, 15) is 13.2 Å². The van der Waals surface area contributed by atoms with Crippen molar-refractivity contribution in [2.75, 3.05) is 30.3 Å². The predicted octanol–water partition coefficient (Wildman–Crippen LogP) is 2.89. The Bertz CT molecular complexity index is 1130. The number of amides is 1. The molecule has 0 aliphatic carbocycles. The lowest BCUT2D eigenvalue weighted by atomic mass is 10.2. The number of para-hydroxylation sites is 2. The van der Waals surface area contributed by atoms with E-state index in [1.165, 1.54) is 0 Å². The lowest BCUT2D eigenvalue weighted by Crippen LogP contribution is -2.41. The van der Waals surface area contributed by atoms with E-state index in [2.05, 4.69) is 10.3 Å². The third-order valence-corrected chi connectivity index (χ3v) is 5.69. The van der Waals surface area contributed by atoms with Crippen LogP contribution in [0.5, 0.6) is 5.75 Å². The van der Waals surface area contributed by atoms with E-state index >= 15 is 0 Å². The lowest BCUT2D eigenvalue weighted by molar-refractivity contribution is -0.119. The number of carbonyl (C=O) groups excluding carboxylic acids is 1. The molecule has 1 amide bonds. The van der Waals surface area contributed by atoms with Crippen molar-refractivity contribution in [3.63, 3.8) is 0 Å². The van der Waals surface area contributed by atoms with Gasteiger partial charge in [0.1, 0.15) is 17.8 Å². The molecule has 3 rings (SSSR count). The highest BCUT2D eigenvalue weighted by atomic mass is 32.2. The van der Waals surface area contributed by atoms with E-state index in [4.69, 9.17) is 4.74 Å². The first-order valence-electron chi connectivity index (χ1n) is 9.63. The third kappa shape index (κ3) is 5.48. The maximum absolute atomic E-state index is 12.3. The maximum Gasteiger partial charge on any atom is 0.240 e. The quantitative estimate of drug-likeness (QED) is 0.531. The van der Waals surface area contributed by atoms with Gasteiger partial charge in [-0.05, 0) is 37.1 Å². The largest absolute Gasteiger partial charge is 0.491 e. The van der Waals surface area contributed by atoms with Crippen LogP contribution in [-0.2, 0) is 14.8 Å². The van der Waals surface area contributed by atoms with E-state index in [0.717, 1.165) is 27.0 Å². The smallest absolute Gasteiger partial charge is 0.240 e. The molecule has 158 valence electrons. The fraction of sp³-hybridized carbons (Fsp3) is 0.273. The second kappa shape index (κ2) is 9.58. The number of benzene rings is 2. The van der Waals surface area contributed by atoms with Gasteiger partial charge < -0.3 is 10.1 Å². The number of carbonyl (C=O) groups is 1. The number of ether oxygens (including phenoxy) is 1. The number of aromatic nitrogens is 1. The van der Waals surface area contributed by atoms with Crippen LogP contribution >= 0.6 is 0 Å². The van der Waals surface area contributed by atoms with Crippen molar-refractivity contribution < 1.29 is 17.9 Å². The number of hydrogen-bond donors (Lipinski definition) is 1. The monoisotopic (exact) mass is 427 g/mol. The van der Waals surface area contributed by atoms with E-state index in [0.29, 0.717) is 31.0 Å². The SMILES string of the molecule is Cc1ccccc1N(CC(=O)NCCCOc1cccc2cccnc12)S(C)(=O)=O. The van der Waals surface area contributed by atoms with E-state index in [1.54, 1.807) is 18.3 Å². The van der Waals surface area contributed by atoms with Gasteiger partial charge in [0.15, 0.2) is 0 Å². The number of nitrogens with zero attached hydrogens (tertiary/aromatic N) is 2. The average Bonchev–Trinajstić information content (AvgIpc) is 2.72. The molecule has 0 saturated carbocycles. The van der Waals surface area contributed by atoms with Gasteiger partial charge in [0.2, 0.25) is 15.9 Å². The summed E-state index contributed by atoms with van der Waals surface area (Å²) in [5.74, 6) is 0.331. The van der Waals surface area contributed by atoms with Gasteiger partial charge in [0, 0.05) is 18.1 Å². The van der Waals surface area contributed by atoms with Gasteiger partial charge in [-0.25, -0.2) is 8.42 Å². The van der Waals surface area contributed by atoms with Crippen molar-refractivity contribution in [1.82, 2.24) is 10.3 Å². The summed E-state index contributed by atoms with van der Waals surface area (Å²) >= 11 is 0. The second-order valence-electron chi connectivity index (χ2n) is 6.94. The van der Waals surface area contributed by atoms with Crippen molar-refractivity contribution in [2.45, 2.75) is 13.3 Å². The number of anilines is 1. The average molecular weight is 428 g/mol. The summed E-state index contributed by atoms with van der Waals surface area (Å²) in [6.45, 7) is 2.33. The zero-order valence-electron chi connectivity index (χ0n) is 17.0. The Hall–Kier alpha value is -3.13. The molecule has 2 aromatic carbocycles. The Balaban J connectivity index is 1.51. The molecule has 1 aromatic heterocycles. The van der Waals surface area contributed by atoms with E-state index < -0.39 is 10.0 Å². The standard InChI is InChI=1S/C22H25N3O4S/c1-17-8-3-4-11-19(17)25(30(2,27)28)16-21(26)23-14-7-15-29-20-12-5-9-18-10-6-13-24-22(18)20/h3-6,8-13H,7,14-16H2,1-2H3,(H,23,26). The van der Waals surface area contributed by atoms with Gasteiger partial charge >= 0.3 is 0 Å². The molecule has 3 aromatic rings. The Labute approximate surface area is 176 Å². The van der Waals surface area contributed by atoms with Crippen LogP contribution < -0.4 is 14.4 Å². The van der Waals surface area contributed by atoms with E-state index in [1.807, 2.05) is 49.4 Å². The van der Waals surface area contributed by atoms with Gasteiger partial charge in [-0.1, -0.05) is 36.4 Å². The molecule has 7 nitrogen and oxygen atoms in total.